The molecule has 2 atom stereocenters. The minimum absolute atomic E-state index is 0.149. The van der Waals surface area contributed by atoms with Gasteiger partial charge in [-0.3, -0.25) is 5.41 Å². The van der Waals surface area contributed by atoms with Gasteiger partial charge in [0.25, 0.3) is 5.62 Å². The normalized spacial score (nSPS) is 27.4. The molecule has 1 aliphatic heterocycles. The second kappa shape index (κ2) is 15.7. The van der Waals surface area contributed by atoms with Crippen molar-refractivity contribution in [3.8, 4) is 0 Å². The quantitative estimate of drug-likeness (QED) is 0.134. The summed E-state index contributed by atoms with van der Waals surface area (Å²) >= 11 is 0. The molecule has 7 N–H and O–H groups in total. The Balaban J connectivity index is 0.000000162. The predicted octanol–water partition coefficient (Wildman–Crippen LogP) is 5.48. The van der Waals surface area contributed by atoms with Gasteiger partial charge in [-0.2, -0.15) is 4.98 Å². The number of rotatable bonds is 9. The molecular formula is C36H60N8O3. The zero-order valence-electron chi connectivity index (χ0n) is 29.5. The number of nitrogens with zero attached hydrogens (tertiary/aromatic N) is 4. The van der Waals surface area contributed by atoms with Crippen LogP contribution in [0.15, 0.2) is 30.3 Å². The number of nitrogens with one attached hydrogen (secondary N) is 2. The van der Waals surface area contributed by atoms with Gasteiger partial charge in [-0.15, -0.1) is 4.73 Å². The summed E-state index contributed by atoms with van der Waals surface area (Å²) in [5, 5.41) is 20.0. The highest BCUT2D eigenvalue weighted by Crippen LogP contribution is 2.65. The number of anilines is 3. The summed E-state index contributed by atoms with van der Waals surface area (Å²) in [4.78, 5) is 19.8. The maximum Gasteiger partial charge on any atom is 0.338 e. The molecule has 4 saturated carbocycles. The molecule has 5 aliphatic rings. The van der Waals surface area contributed by atoms with E-state index in [1.807, 2.05) is 31.1 Å². The molecule has 0 amide bonds. The van der Waals surface area contributed by atoms with Crippen molar-refractivity contribution in [2.24, 2.45) is 22.5 Å². The van der Waals surface area contributed by atoms with Crippen molar-refractivity contribution in [2.45, 2.75) is 96.9 Å². The van der Waals surface area contributed by atoms with Crippen LogP contribution >= 0.6 is 0 Å². The lowest BCUT2D eigenvalue weighted by Gasteiger charge is -2.64. The van der Waals surface area contributed by atoms with E-state index in [9.17, 15) is 10.0 Å². The van der Waals surface area contributed by atoms with Crippen molar-refractivity contribution in [1.82, 2.24) is 14.6 Å². The number of nitrogen functional groups attached to an aromatic ring is 1. The molecule has 5 fully saturated rings. The third kappa shape index (κ3) is 10.3. The van der Waals surface area contributed by atoms with Gasteiger partial charge in [-0.1, -0.05) is 27.2 Å². The molecule has 11 nitrogen and oxygen atoms in total. The van der Waals surface area contributed by atoms with Crippen molar-refractivity contribution in [3.63, 3.8) is 0 Å². The first-order chi connectivity index (χ1) is 22.2. The molecule has 2 unspecified atom stereocenters. The average Bonchev–Trinajstić information content (AvgIpc) is 2.98. The standard InChI is InChI=1S/C15H24N2O2.C12H21N.C9H15N5O/c1-4-5-10-16-14-8-6-13(7-9-14)15(18)19-12-11-17(2)3;1-10-3-9-4-11(2,6-10)8-12(13,5-9)7-10;10-7-6-8(12-9(11)14(7)15)13-4-2-1-3-5-13/h6-9,16H,4-5,10-12H2,1-3H3;9H,3-8,13H2,1-2H3;6,11,15H,1-5,10H2. The van der Waals surface area contributed by atoms with E-state index in [2.05, 4.69) is 36.0 Å². The zero-order valence-corrected chi connectivity index (χ0v) is 29.5. The molecule has 2 heterocycles. The zero-order chi connectivity index (χ0) is 34.2. The van der Waals surface area contributed by atoms with Crippen LogP contribution in [0.4, 0.5) is 17.3 Å². The van der Waals surface area contributed by atoms with E-state index >= 15 is 0 Å². The van der Waals surface area contributed by atoms with Crippen LogP contribution in [0.5, 0.6) is 0 Å². The Morgan fingerprint density at radius 3 is 2.26 bits per heavy atom. The molecule has 1 aromatic carbocycles. The largest absolute Gasteiger partial charge is 0.461 e. The lowest BCUT2D eigenvalue weighted by molar-refractivity contribution is -0.104. The Bertz CT molecular complexity index is 1320. The summed E-state index contributed by atoms with van der Waals surface area (Å²) in [6.07, 6.45) is 14.1. The van der Waals surface area contributed by atoms with E-state index in [-0.39, 0.29) is 22.9 Å². The van der Waals surface area contributed by atoms with Crippen molar-refractivity contribution in [2.75, 3.05) is 62.8 Å². The molecular weight excluding hydrogens is 592 g/mol. The lowest BCUT2D eigenvalue weighted by Crippen LogP contribution is -2.62. The number of ether oxygens (including phenoxy) is 1. The van der Waals surface area contributed by atoms with Crippen molar-refractivity contribution in [3.05, 3.63) is 41.5 Å². The minimum Gasteiger partial charge on any atom is -0.461 e. The fourth-order valence-electron chi connectivity index (χ4n) is 8.86. The molecule has 1 saturated heterocycles. The molecule has 0 radical (unpaired) electrons. The Hall–Kier alpha value is -3.31. The fraction of sp³-hybridized carbons (Fsp3) is 0.694. The third-order valence-corrected chi connectivity index (χ3v) is 10.0. The number of carbonyl (C=O) groups is 1. The van der Waals surface area contributed by atoms with E-state index < -0.39 is 0 Å². The first kappa shape index (κ1) is 36.5. The monoisotopic (exact) mass is 652 g/mol. The Morgan fingerprint density at radius 1 is 1.09 bits per heavy atom. The number of hydrogen-bond donors (Lipinski definition) is 5. The second-order valence-corrected chi connectivity index (χ2v) is 15.5. The number of esters is 1. The van der Waals surface area contributed by atoms with Crippen molar-refractivity contribution < 1.29 is 14.7 Å². The van der Waals surface area contributed by atoms with Gasteiger partial charge >= 0.3 is 5.97 Å². The molecule has 1 aromatic heterocycles. The molecule has 262 valence electrons. The van der Waals surface area contributed by atoms with Crippen LogP contribution in [-0.2, 0) is 4.74 Å². The highest BCUT2D eigenvalue weighted by molar-refractivity contribution is 5.89. The second-order valence-electron chi connectivity index (χ2n) is 15.5. The third-order valence-electron chi connectivity index (χ3n) is 10.0. The SMILES string of the molecule is CC12CC3CC(C)(C1)CC(N)(C3)C2.CCCCNc1ccc(C(=O)OCCN(C)C)cc1.N=c1nc(N2CCCCC2)cc(N)n1O. The molecule has 7 rings (SSSR count). The summed E-state index contributed by atoms with van der Waals surface area (Å²) in [5.74, 6) is 1.52. The maximum atomic E-state index is 11.7. The van der Waals surface area contributed by atoms with Crippen molar-refractivity contribution >= 4 is 23.3 Å². The Kier molecular flexibility index (Phi) is 12.2. The van der Waals surface area contributed by atoms with Gasteiger partial charge in [0.05, 0.1) is 5.56 Å². The van der Waals surface area contributed by atoms with Crippen LogP contribution < -0.4 is 27.3 Å². The van der Waals surface area contributed by atoms with E-state index in [4.69, 9.17) is 21.6 Å². The van der Waals surface area contributed by atoms with Gasteiger partial charge in [0.2, 0.25) is 0 Å². The van der Waals surface area contributed by atoms with Crippen LogP contribution in [0, 0.1) is 22.2 Å². The van der Waals surface area contributed by atoms with Gasteiger partial charge in [0, 0.05) is 43.5 Å². The number of hydrogen-bond acceptors (Lipinski definition) is 10. The summed E-state index contributed by atoms with van der Waals surface area (Å²) in [5.41, 5.74) is 14.9. The van der Waals surface area contributed by atoms with E-state index in [0.717, 1.165) is 57.0 Å². The summed E-state index contributed by atoms with van der Waals surface area (Å²) in [6.45, 7) is 11.1. The molecule has 47 heavy (non-hydrogen) atoms. The van der Waals surface area contributed by atoms with E-state index in [1.165, 1.54) is 51.4 Å². The van der Waals surface area contributed by atoms with Gasteiger partial charge in [0.15, 0.2) is 0 Å². The number of piperidine rings is 1. The summed E-state index contributed by atoms with van der Waals surface area (Å²) in [6, 6.07) is 9.03. The van der Waals surface area contributed by atoms with Crippen molar-refractivity contribution in [1.29, 1.82) is 5.41 Å². The number of unbranched alkanes of at least 4 members (excludes halogenated alkanes) is 1. The van der Waals surface area contributed by atoms with E-state index in [0.29, 0.717) is 33.5 Å². The van der Waals surface area contributed by atoms with Crippen LogP contribution in [0.2, 0.25) is 0 Å². The molecule has 4 bridgehead atoms. The number of aromatic nitrogens is 2. The predicted molar refractivity (Wildman–Crippen MR) is 189 cm³/mol. The van der Waals surface area contributed by atoms with Gasteiger partial charge < -0.3 is 36.5 Å². The molecule has 2 aromatic rings. The first-order valence-corrected chi connectivity index (χ1v) is 17.6. The first-order valence-electron chi connectivity index (χ1n) is 17.6. The topological polar surface area (TPSA) is 159 Å². The van der Waals surface area contributed by atoms with Gasteiger partial charge in [0.1, 0.15) is 18.2 Å². The Labute approximate surface area is 281 Å². The maximum absolute atomic E-state index is 11.7. The van der Waals surface area contributed by atoms with E-state index in [1.54, 1.807) is 18.2 Å². The Morgan fingerprint density at radius 2 is 1.72 bits per heavy atom. The van der Waals surface area contributed by atoms with Crippen LogP contribution in [0.25, 0.3) is 0 Å². The number of carbonyl (C=O) groups excluding carboxylic acids is 1. The number of likely N-dealkylation sites (N-methyl/N-ethyl adjacent to an activating group) is 1. The minimum atomic E-state index is -0.262. The fourth-order valence-corrected chi connectivity index (χ4v) is 8.86. The van der Waals surface area contributed by atoms with Crippen LogP contribution in [0.3, 0.4) is 0 Å². The average molecular weight is 653 g/mol. The molecule has 4 aliphatic carbocycles. The molecule has 11 heteroatoms. The number of nitrogens with two attached hydrogens (primary N) is 2. The van der Waals surface area contributed by atoms with Crippen LogP contribution in [-0.4, -0.2) is 78.2 Å². The number of benzene rings is 1. The smallest absolute Gasteiger partial charge is 0.338 e. The van der Waals surface area contributed by atoms with Crippen LogP contribution in [0.1, 0.15) is 102 Å². The molecule has 0 spiro atoms. The highest BCUT2D eigenvalue weighted by Gasteiger charge is 2.58. The highest BCUT2D eigenvalue weighted by atomic mass is 16.5. The summed E-state index contributed by atoms with van der Waals surface area (Å²) in [7, 11) is 3.90. The summed E-state index contributed by atoms with van der Waals surface area (Å²) < 4.78 is 5.75. The lowest BCUT2D eigenvalue weighted by atomic mass is 9.43. The van der Waals surface area contributed by atoms with Gasteiger partial charge in [-0.05, 0) is 119 Å². The van der Waals surface area contributed by atoms with Gasteiger partial charge in [-0.25, -0.2) is 4.79 Å².